The van der Waals surface area contributed by atoms with Gasteiger partial charge in [0.25, 0.3) is 0 Å². The summed E-state index contributed by atoms with van der Waals surface area (Å²) in [5, 5.41) is 0. The van der Waals surface area contributed by atoms with Gasteiger partial charge in [0.05, 0.1) is 0 Å². The number of benzene rings is 1. The van der Waals surface area contributed by atoms with E-state index in [2.05, 4.69) is 30.1 Å². The summed E-state index contributed by atoms with van der Waals surface area (Å²) >= 11 is 0. The van der Waals surface area contributed by atoms with Crippen LogP contribution in [0.25, 0.3) is 11.6 Å². The molecule has 0 atom stereocenters. The van der Waals surface area contributed by atoms with E-state index in [1.807, 2.05) is 30.5 Å². The zero-order valence-corrected chi connectivity index (χ0v) is 8.70. The molecule has 1 heterocycles. The minimum atomic E-state index is 0.713. The lowest BCUT2D eigenvalue weighted by Gasteiger charge is -2.00. The summed E-state index contributed by atoms with van der Waals surface area (Å²) in [5.41, 5.74) is 9.24. The molecule has 0 amide bonds. The third kappa shape index (κ3) is 2.10. The first-order valence-electron chi connectivity index (χ1n) is 4.94. The molecule has 1 aromatic heterocycles. The second kappa shape index (κ2) is 4.05. The molecule has 2 heteroatoms. The SMILES string of the molecule is C/C(=C\c1cc[nH]c1N)c1ccccc1. The van der Waals surface area contributed by atoms with Crippen LogP contribution < -0.4 is 5.73 Å². The fraction of sp³-hybridized carbons (Fsp3) is 0.0769. The highest BCUT2D eigenvalue weighted by molar-refractivity contribution is 5.82. The second-order valence-electron chi connectivity index (χ2n) is 3.54. The summed E-state index contributed by atoms with van der Waals surface area (Å²) in [6.45, 7) is 2.09. The van der Waals surface area contributed by atoms with Gasteiger partial charge in [-0.25, -0.2) is 0 Å². The van der Waals surface area contributed by atoms with E-state index in [1.165, 1.54) is 11.1 Å². The first-order valence-corrected chi connectivity index (χ1v) is 4.94. The average molecular weight is 198 g/mol. The van der Waals surface area contributed by atoms with Crippen molar-refractivity contribution in [2.75, 3.05) is 5.73 Å². The van der Waals surface area contributed by atoms with Gasteiger partial charge in [-0.2, -0.15) is 0 Å². The van der Waals surface area contributed by atoms with E-state index in [9.17, 15) is 0 Å². The minimum absolute atomic E-state index is 0.713. The maximum absolute atomic E-state index is 5.77. The highest BCUT2D eigenvalue weighted by Gasteiger charge is 1.98. The van der Waals surface area contributed by atoms with Crippen molar-refractivity contribution >= 4 is 17.5 Å². The van der Waals surface area contributed by atoms with E-state index in [0.717, 1.165) is 5.56 Å². The van der Waals surface area contributed by atoms with Gasteiger partial charge in [0.1, 0.15) is 5.82 Å². The smallest absolute Gasteiger partial charge is 0.107 e. The zero-order valence-electron chi connectivity index (χ0n) is 8.70. The molecule has 1 aromatic carbocycles. The number of aromatic amines is 1. The Balaban J connectivity index is 2.33. The molecular formula is C13H14N2. The van der Waals surface area contributed by atoms with Gasteiger partial charge in [0.2, 0.25) is 0 Å². The Morgan fingerprint density at radius 1 is 1.20 bits per heavy atom. The summed E-state index contributed by atoms with van der Waals surface area (Å²) in [4.78, 5) is 2.96. The molecule has 15 heavy (non-hydrogen) atoms. The predicted molar refractivity (Wildman–Crippen MR) is 65.2 cm³/mol. The van der Waals surface area contributed by atoms with E-state index < -0.39 is 0 Å². The molecule has 76 valence electrons. The van der Waals surface area contributed by atoms with Crippen molar-refractivity contribution in [3.63, 3.8) is 0 Å². The average Bonchev–Trinajstić information content (AvgIpc) is 2.66. The first kappa shape index (κ1) is 9.59. The van der Waals surface area contributed by atoms with Gasteiger partial charge in [-0.3, -0.25) is 0 Å². The van der Waals surface area contributed by atoms with Crippen LogP contribution in [0.15, 0.2) is 42.6 Å². The van der Waals surface area contributed by atoms with Gasteiger partial charge in [0, 0.05) is 11.8 Å². The molecule has 0 saturated carbocycles. The number of rotatable bonds is 2. The maximum atomic E-state index is 5.77. The molecule has 2 nitrogen and oxygen atoms in total. The van der Waals surface area contributed by atoms with Crippen molar-refractivity contribution in [2.24, 2.45) is 0 Å². The Morgan fingerprint density at radius 3 is 2.53 bits per heavy atom. The fourth-order valence-corrected chi connectivity index (χ4v) is 1.54. The van der Waals surface area contributed by atoms with Crippen molar-refractivity contribution < 1.29 is 0 Å². The van der Waals surface area contributed by atoms with E-state index in [0.29, 0.717) is 5.82 Å². The topological polar surface area (TPSA) is 41.8 Å². The molecule has 0 aliphatic heterocycles. The Morgan fingerprint density at radius 2 is 1.93 bits per heavy atom. The number of nitrogens with one attached hydrogen (secondary N) is 1. The van der Waals surface area contributed by atoms with E-state index in [-0.39, 0.29) is 0 Å². The molecule has 0 aliphatic rings. The Bertz CT molecular complexity index is 466. The van der Waals surface area contributed by atoms with Crippen LogP contribution in [-0.2, 0) is 0 Å². The molecule has 0 bridgehead atoms. The van der Waals surface area contributed by atoms with Crippen LogP contribution in [0, 0.1) is 0 Å². The number of aromatic nitrogens is 1. The summed E-state index contributed by atoms with van der Waals surface area (Å²) in [7, 11) is 0. The Labute approximate surface area is 89.4 Å². The predicted octanol–water partition coefficient (Wildman–Crippen LogP) is 3.16. The molecule has 0 unspecified atom stereocenters. The molecule has 2 rings (SSSR count). The Kier molecular flexibility index (Phi) is 2.59. The highest BCUT2D eigenvalue weighted by Crippen LogP contribution is 2.19. The van der Waals surface area contributed by atoms with Crippen molar-refractivity contribution in [3.8, 4) is 0 Å². The number of anilines is 1. The van der Waals surface area contributed by atoms with E-state index in [1.54, 1.807) is 0 Å². The highest BCUT2D eigenvalue weighted by atomic mass is 14.8. The van der Waals surface area contributed by atoms with Crippen LogP contribution in [0.1, 0.15) is 18.1 Å². The molecule has 0 radical (unpaired) electrons. The molecule has 0 saturated heterocycles. The lowest BCUT2D eigenvalue weighted by atomic mass is 10.1. The molecule has 3 N–H and O–H groups in total. The van der Waals surface area contributed by atoms with Gasteiger partial charge < -0.3 is 10.7 Å². The molecule has 0 aliphatic carbocycles. The van der Waals surface area contributed by atoms with Crippen LogP contribution in [0.4, 0.5) is 5.82 Å². The van der Waals surface area contributed by atoms with Crippen LogP contribution in [-0.4, -0.2) is 4.98 Å². The van der Waals surface area contributed by atoms with Crippen LogP contribution >= 0.6 is 0 Å². The lowest BCUT2D eigenvalue weighted by molar-refractivity contribution is 1.41. The van der Waals surface area contributed by atoms with Crippen LogP contribution in [0.5, 0.6) is 0 Å². The van der Waals surface area contributed by atoms with E-state index in [4.69, 9.17) is 5.73 Å². The van der Waals surface area contributed by atoms with Gasteiger partial charge in [-0.05, 0) is 30.2 Å². The second-order valence-corrected chi connectivity index (χ2v) is 3.54. The van der Waals surface area contributed by atoms with Crippen molar-refractivity contribution in [3.05, 3.63) is 53.7 Å². The first-order chi connectivity index (χ1) is 7.27. The number of H-pyrrole nitrogens is 1. The Hall–Kier alpha value is -1.96. The fourth-order valence-electron chi connectivity index (χ4n) is 1.54. The number of nitrogen functional groups attached to an aromatic ring is 1. The van der Waals surface area contributed by atoms with Crippen molar-refractivity contribution in [1.29, 1.82) is 0 Å². The third-order valence-corrected chi connectivity index (χ3v) is 2.41. The van der Waals surface area contributed by atoms with E-state index >= 15 is 0 Å². The zero-order chi connectivity index (χ0) is 10.7. The molecule has 2 aromatic rings. The number of hydrogen-bond acceptors (Lipinski definition) is 1. The number of allylic oxidation sites excluding steroid dienone is 1. The summed E-state index contributed by atoms with van der Waals surface area (Å²) in [5.74, 6) is 0.713. The van der Waals surface area contributed by atoms with Crippen LogP contribution in [0.3, 0.4) is 0 Å². The summed E-state index contributed by atoms with van der Waals surface area (Å²) < 4.78 is 0. The summed E-state index contributed by atoms with van der Waals surface area (Å²) in [6, 6.07) is 12.2. The standard InChI is InChI=1S/C13H14N2/c1-10(11-5-3-2-4-6-11)9-12-7-8-15-13(12)14/h2-9,15H,14H2,1H3/b10-9+. The largest absolute Gasteiger partial charge is 0.385 e. The third-order valence-electron chi connectivity index (χ3n) is 2.41. The summed E-state index contributed by atoms with van der Waals surface area (Å²) in [6.07, 6.45) is 3.93. The molecule has 0 spiro atoms. The monoisotopic (exact) mass is 198 g/mol. The van der Waals surface area contributed by atoms with Crippen molar-refractivity contribution in [2.45, 2.75) is 6.92 Å². The molecule has 0 fully saturated rings. The normalized spacial score (nSPS) is 11.7. The van der Waals surface area contributed by atoms with Gasteiger partial charge in [-0.15, -0.1) is 0 Å². The number of hydrogen-bond donors (Lipinski definition) is 2. The minimum Gasteiger partial charge on any atom is -0.385 e. The maximum Gasteiger partial charge on any atom is 0.107 e. The number of nitrogens with two attached hydrogens (primary N) is 1. The quantitative estimate of drug-likeness (QED) is 0.764. The lowest BCUT2D eigenvalue weighted by Crippen LogP contribution is -1.86. The molecular weight excluding hydrogens is 184 g/mol. The van der Waals surface area contributed by atoms with Crippen LogP contribution in [0.2, 0.25) is 0 Å². The van der Waals surface area contributed by atoms with Gasteiger partial charge >= 0.3 is 0 Å². The van der Waals surface area contributed by atoms with Gasteiger partial charge in [0.15, 0.2) is 0 Å². The van der Waals surface area contributed by atoms with Gasteiger partial charge in [-0.1, -0.05) is 30.3 Å². The van der Waals surface area contributed by atoms with Crippen molar-refractivity contribution in [1.82, 2.24) is 4.98 Å².